The van der Waals surface area contributed by atoms with Crippen LogP contribution in [0.2, 0.25) is 5.02 Å². The van der Waals surface area contributed by atoms with Gasteiger partial charge in [-0.3, -0.25) is 10.1 Å². The standard InChI is InChI=1S/C12H7Br2ClN2O2/c13-7-4-5-8(14)11(6-7)16-10-3-1-2-9(15)12(10)17(18)19/h1-6,16H. The average Bonchev–Trinajstić information content (AvgIpc) is 2.33. The fourth-order valence-electron chi connectivity index (χ4n) is 1.54. The fourth-order valence-corrected chi connectivity index (χ4v) is 2.49. The summed E-state index contributed by atoms with van der Waals surface area (Å²) in [4.78, 5) is 10.5. The lowest BCUT2D eigenvalue weighted by molar-refractivity contribution is -0.383. The van der Waals surface area contributed by atoms with Gasteiger partial charge in [-0.15, -0.1) is 0 Å². The van der Waals surface area contributed by atoms with Crippen LogP contribution in [0.4, 0.5) is 17.1 Å². The highest BCUT2D eigenvalue weighted by molar-refractivity contribution is 9.11. The van der Waals surface area contributed by atoms with Crippen molar-refractivity contribution in [2.45, 2.75) is 0 Å². The predicted octanol–water partition coefficient (Wildman–Crippen LogP) is 5.52. The highest BCUT2D eigenvalue weighted by atomic mass is 79.9. The Hall–Kier alpha value is -1.11. The van der Waals surface area contributed by atoms with Gasteiger partial charge in [-0.05, 0) is 46.3 Å². The van der Waals surface area contributed by atoms with Crippen LogP contribution in [0.15, 0.2) is 45.3 Å². The van der Waals surface area contributed by atoms with Crippen LogP contribution in [0.1, 0.15) is 0 Å². The second-order valence-corrected chi connectivity index (χ2v) is 5.82. The molecule has 0 aliphatic rings. The monoisotopic (exact) mass is 404 g/mol. The largest absolute Gasteiger partial charge is 0.349 e. The third-order valence-electron chi connectivity index (χ3n) is 2.37. The van der Waals surface area contributed by atoms with Crippen LogP contribution in [0, 0.1) is 10.1 Å². The maximum Gasteiger partial charge on any atom is 0.311 e. The predicted molar refractivity (Wildman–Crippen MR) is 83.2 cm³/mol. The molecule has 0 aromatic heterocycles. The summed E-state index contributed by atoms with van der Waals surface area (Å²) in [7, 11) is 0. The molecular formula is C12H7Br2ClN2O2. The number of hydrogen-bond acceptors (Lipinski definition) is 3. The van der Waals surface area contributed by atoms with E-state index < -0.39 is 4.92 Å². The Kier molecular flexibility index (Phi) is 4.44. The minimum atomic E-state index is -0.503. The molecule has 2 aromatic carbocycles. The van der Waals surface area contributed by atoms with Crippen LogP contribution in [0.25, 0.3) is 0 Å². The first-order valence-corrected chi connectivity index (χ1v) is 7.10. The SMILES string of the molecule is O=[N+]([O-])c1c(Cl)cccc1Nc1cc(Br)ccc1Br. The van der Waals surface area contributed by atoms with E-state index in [0.29, 0.717) is 11.4 Å². The van der Waals surface area contributed by atoms with Crippen LogP contribution >= 0.6 is 43.5 Å². The quantitative estimate of drug-likeness (QED) is 0.540. The van der Waals surface area contributed by atoms with E-state index in [1.54, 1.807) is 12.1 Å². The van der Waals surface area contributed by atoms with E-state index in [0.717, 1.165) is 8.95 Å². The number of rotatable bonds is 3. The van der Waals surface area contributed by atoms with Crippen LogP contribution in [-0.2, 0) is 0 Å². The van der Waals surface area contributed by atoms with Gasteiger partial charge in [-0.25, -0.2) is 0 Å². The molecule has 4 nitrogen and oxygen atoms in total. The van der Waals surface area contributed by atoms with Crippen molar-refractivity contribution >= 4 is 60.5 Å². The van der Waals surface area contributed by atoms with Gasteiger partial charge < -0.3 is 5.32 Å². The molecule has 2 aromatic rings. The Labute approximate surface area is 131 Å². The zero-order valence-corrected chi connectivity index (χ0v) is 13.3. The number of nitrogens with one attached hydrogen (secondary N) is 1. The molecule has 0 heterocycles. The molecule has 7 heteroatoms. The Morgan fingerprint density at radius 1 is 1.16 bits per heavy atom. The Balaban J connectivity index is 2.46. The molecule has 1 N–H and O–H groups in total. The van der Waals surface area contributed by atoms with E-state index in [-0.39, 0.29) is 10.7 Å². The summed E-state index contributed by atoms with van der Waals surface area (Å²) in [6.45, 7) is 0. The van der Waals surface area contributed by atoms with Crippen molar-refractivity contribution in [3.05, 3.63) is 60.5 Å². The first kappa shape index (κ1) is 14.3. The van der Waals surface area contributed by atoms with Gasteiger partial charge in [0.15, 0.2) is 0 Å². The number of hydrogen-bond donors (Lipinski definition) is 1. The third-order valence-corrected chi connectivity index (χ3v) is 3.86. The van der Waals surface area contributed by atoms with Crippen molar-refractivity contribution in [2.24, 2.45) is 0 Å². The van der Waals surface area contributed by atoms with Gasteiger partial charge in [0.1, 0.15) is 10.7 Å². The number of anilines is 2. The van der Waals surface area contributed by atoms with E-state index in [1.165, 1.54) is 6.07 Å². The highest BCUT2D eigenvalue weighted by Gasteiger charge is 2.18. The van der Waals surface area contributed by atoms with Crippen LogP contribution in [-0.4, -0.2) is 4.92 Å². The zero-order valence-electron chi connectivity index (χ0n) is 9.36. The lowest BCUT2D eigenvalue weighted by atomic mass is 10.2. The number of nitrogens with zero attached hydrogens (tertiary/aromatic N) is 1. The van der Waals surface area contributed by atoms with Crippen LogP contribution in [0.5, 0.6) is 0 Å². The van der Waals surface area contributed by atoms with Gasteiger partial charge in [0, 0.05) is 8.95 Å². The molecule has 0 fully saturated rings. The third kappa shape index (κ3) is 3.26. The minimum absolute atomic E-state index is 0.0983. The summed E-state index contributed by atoms with van der Waals surface area (Å²) < 4.78 is 1.66. The first-order chi connectivity index (χ1) is 8.99. The second kappa shape index (κ2) is 5.90. The summed E-state index contributed by atoms with van der Waals surface area (Å²) in [5, 5.41) is 14.1. The van der Waals surface area contributed by atoms with E-state index >= 15 is 0 Å². The molecule has 0 spiro atoms. The van der Waals surface area contributed by atoms with Gasteiger partial charge in [-0.2, -0.15) is 0 Å². The van der Waals surface area contributed by atoms with Gasteiger partial charge in [0.25, 0.3) is 0 Å². The molecule has 0 unspecified atom stereocenters. The second-order valence-electron chi connectivity index (χ2n) is 3.64. The molecule has 0 aliphatic carbocycles. The number of nitro benzene ring substituents is 1. The molecule has 0 saturated heterocycles. The fraction of sp³-hybridized carbons (Fsp3) is 0. The number of halogens is 3. The topological polar surface area (TPSA) is 55.2 Å². The molecule has 98 valence electrons. The van der Waals surface area contributed by atoms with Gasteiger partial charge >= 0.3 is 5.69 Å². The van der Waals surface area contributed by atoms with Crippen molar-refractivity contribution in [1.29, 1.82) is 0 Å². The molecule has 0 atom stereocenters. The highest BCUT2D eigenvalue weighted by Crippen LogP contribution is 2.36. The molecule has 0 amide bonds. The van der Waals surface area contributed by atoms with E-state index in [1.807, 2.05) is 18.2 Å². The van der Waals surface area contributed by atoms with Gasteiger partial charge in [-0.1, -0.05) is 33.6 Å². The van der Waals surface area contributed by atoms with Crippen molar-refractivity contribution in [2.75, 3.05) is 5.32 Å². The van der Waals surface area contributed by atoms with Crippen molar-refractivity contribution < 1.29 is 4.92 Å². The number of para-hydroxylation sites is 1. The first-order valence-electron chi connectivity index (χ1n) is 5.14. The molecule has 19 heavy (non-hydrogen) atoms. The lowest BCUT2D eigenvalue weighted by Crippen LogP contribution is -1.98. The molecule has 0 aliphatic heterocycles. The molecule has 0 radical (unpaired) electrons. The maximum atomic E-state index is 11.0. The zero-order chi connectivity index (χ0) is 14.0. The summed E-state index contributed by atoms with van der Waals surface area (Å²) >= 11 is 12.6. The summed E-state index contributed by atoms with van der Waals surface area (Å²) in [5.41, 5.74) is 0.909. The van der Waals surface area contributed by atoms with Crippen molar-refractivity contribution in [3.63, 3.8) is 0 Å². The average molecular weight is 406 g/mol. The molecule has 0 saturated carbocycles. The lowest BCUT2D eigenvalue weighted by Gasteiger charge is -2.10. The van der Waals surface area contributed by atoms with Crippen LogP contribution in [0.3, 0.4) is 0 Å². The molecular weight excluding hydrogens is 399 g/mol. The van der Waals surface area contributed by atoms with E-state index in [4.69, 9.17) is 11.6 Å². The van der Waals surface area contributed by atoms with Crippen molar-refractivity contribution in [3.8, 4) is 0 Å². The Morgan fingerprint density at radius 3 is 2.58 bits per heavy atom. The minimum Gasteiger partial charge on any atom is -0.349 e. The van der Waals surface area contributed by atoms with Crippen molar-refractivity contribution in [1.82, 2.24) is 0 Å². The molecule has 0 bridgehead atoms. The summed E-state index contributed by atoms with van der Waals surface area (Å²) in [6.07, 6.45) is 0. The Morgan fingerprint density at radius 2 is 1.89 bits per heavy atom. The van der Waals surface area contributed by atoms with Crippen LogP contribution < -0.4 is 5.32 Å². The smallest absolute Gasteiger partial charge is 0.311 e. The maximum absolute atomic E-state index is 11.0. The summed E-state index contributed by atoms with van der Waals surface area (Å²) in [6, 6.07) is 10.3. The van der Waals surface area contributed by atoms with Gasteiger partial charge in [0.2, 0.25) is 0 Å². The van der Waals surface area contributed by atoms with Gasteiger partial charge in [0.05, 0.1) is 10.6 Å². The Bertz CT molecular complexity index is 650. The molecule has 2 rings (SSSR count). The number of nitro groups is 1. The number of benzene rings is 2. The normalized spacial score (nSPS) is 10.3. The van der Waals surface area contributed by atoms with E-state index in [9.17, 15) is 10.1 Å². The van der Waals surface area contributed by atoms with E-state index in [2.05, 4.69) is 37.2 Å². The summed E-state index contributed by atoms with van der Waals surface area (Å²) in [5.74, 6) is 0.